The minimum absolute atomic E-state index is 0.0266. The maximum absolute atomic E-state index is 12.6. The molecule has 1 saturated heterocycles. The number of imide groups is 1. The van der Waals surface area contributed by atoms with E-state index in [2.05, 4.69) is 10.6 Å². The van der Waals surface area contributed by atoms with Gasteiger partial charge in [0.15, 0.2) is 6.61 Å². The number of hydrogen-bond donors (Lipinski definition) is 2. The Morgan fingerprint density at radius 2 is 2.07 bits per heavy atom. The Bertz CT molecular complexity index is 865. The van der Waals surface area contributed by atoms with Gasteiger partial charge in [-0.25, -0.2) is 4.79 Å². The van der Waals surface area contributed by atoms with Gasteiger partial charge >= 0.3 is 6.03 Å². The van der Waals surface area contributed by atoms with E-state index in [1.54, 1.807) is 32.2 Å². The molecule has 1 aromatic rings. The number of anilines is 2. The van der Waals surface area contributed by atoms with Crippen molar-refractivity contribution in [3.05, 3.63) is 18.2 Å². The molecular formula is C18H20N4O5. The van der Waals surface area contributed by atoms with Crippen molar-refractivity contribution in [2.75, 3.05) is 30.4 Å². The summed E-state index contributed by atoms with van der Waals surface area (Å²) in [6, 6.07) is 4.37. The standard InChI is InChI=1S/C18H20N4O5/c1-18(10-3-4-10)16(25)22(17(26)20-18)8-14(23)19-11-5-6-13-12(7-11)21(2)15(24)9-27-13/h5-7,10H,3-4,8-9H2,1-2H3,(H,19,23)(H,20,26). The molecule has 2 fully saturated rings. The summed E-state index contributed by atoms with van der Waals surface area (Å²) in [4.78, 5) is 51.2. The van der Waals surface area contributed by atoms with E-state index < -0.39 is 17.5 Å². The highest BCUT2D eigenvalue weighted by atomic mass is 16.5. The van der Waals surface area contributed by atoms with Gasteiger partial charge in [0.05, 0.1) is 5.69 Å². The second-order valence-electron chi connectivity index (χ2n) is 7.27. The van der Waals surface area contributed by atoms with Crippen molar-refractivity contribution >= 4 is 35.1 Å². The molecule has 2 heterocycles. The van der Waals surface area contributed by atoms with Crippen LogP contribution in [0.15, 0.2) is 18.2 Å². The Kier molecular flexibility index (Phi) is 3.83. The predicted octanol–water partition coefficient (Wildman–Crippen LogP) is 0.701. The third-order valence-electron chi connectivity index (χ3n) is 5.33. The van der Waals surface area contributed by atoms with Crippen LogP contribution in [-0.2, 0) is 14.4 Å². The fourth-order valence-electron chi connectivity index (χ4n) is 3.49. The number of carbonyl (C=O) groups excluding carboxylic acids is 4. The molecule has 4 rings (SSSR count). The number of benzene rings is 1. The Morgan fingerprint density at radius 3 is 2.78 bits per heavy atom. The summed E-state index contributed by atoms with van der Waals surface area (Å²) < 4.78 is 5.34. The van der Waals surface area contributed by atoms with Gasteiger partial charge in [-0.3, -0.25) is 19.3 Å². The number of rotatable bonds is 4. The number of ether oxygens (including phenoxy) is 1. The Morgan fingerprint density at radius 1 is 1.33 bits per heavy atom. The molecule has 0 radical (unpaired) electrons. The zero-order valence-corrected chi connectivity index (χ0v) is 15.1. The lowest BCUT2D eigenvalue weighted by molar-refractivity contribution is -0.134. The Labute approximate surface area is 155 Å². The summed E-state index contributed by atoms with van der Waals surface area (Å²) in [6.45, 7) is 1.32. The van der Waals surface area contributed by atoms with Crippen molar-refractivity contribution in [3.8, 4) is 5.75 Å². The van der Waals surface area contributed by atoms with Crippen LogP contribution in [0, 0.1) is 5.92 Å². The highest BCUT2D eigenvalue weighted by Crippen LogP contribution is 2.42. The van der Waals surface area contributed by atoms with Gasteiger partial charge in [-0.1, -0.05) is 0 Å². The molecule has 9 heteroatoms. The summed E-state index contributed by atoms with van der Waals surface area (Å²) in [5, 5.41) is 5.37. The molecule has 9 nitrogen and oxygen atoms in total. The van der Waals surface area contributed by atoms with Gasteiger partial charge < -0.3 is 20.3 Å². The van der Waals surface area contributed by atoms with Gasteiger partial charge in [-0.05, 0) is 43.9 Å². The summed E-state index contributed by atoms with van der Waals surface area (Å²) in [7, 11) is 1.63. The van der Waals surface area contributed by atoms with Crippen LogP contribution in [0.25, 0.3) is 0 Å². The normalized spacial score (nSPS) is 24.4. The lowest BCUT2D eigenvalue weighted by Crippen LogP contribution is -2.46. The van der Waals surface area contributed by atoms with E-state index >= 15 is 0 Å². The van der Waals surface area contributed by atoms with Crippen molar-refractivity contribution in [2.24, 2.45) is 5.92 Å². The fraction of sp³-hybridized carbons (Fsp3) is 0.444. The Balaban J connectivity index is 1.45. The van der Waals surface area contributed by atoms with Crippen molar-refractivity contribution in [1.82, 2.24) is 10.2 Å². The SMILES string of the molecule is CN1C(=O)COc2ccc(NC(=O)CN3C(=O)NC(C)(C4CC4)C3=O)cc21. The molecule has 1 atom stereocenters. The van der Waals surface area contributed by atoms with Crippen LogP contribution in [0.4, 0.5) is 16.2 Å². The van der Waals surface area contributed by atoms with E-state index in [1.165, 1.54) is 4.90 Å². The average molecular weight is 372 g/mol. The van der Waals surface area contributed by atoms with Crippen LogP contribution in [0.3, 0.4) is 0 Å². The number of hydrogen-bond acceptors (Lipinski definition) is 5. The second kappa shape index (κ2) is 5.97. The van der Waals surface area contributed by atoms with Gasteiger partial charge in [0.2, 0.25) is 5.91 Å². The van der Waals surface area contributed by atoms with Gasteiger partial charge in [-0.2, -0.15) is 0 Å². The largest absolute Gasteiger partial charge is 0.482 e. The maximum atomic E-state index is 12.6. The third-order valence-corrected chi connectivity index (χ3v) is 5.33. The zero-order valence-electron chi connectivity index (χ0n) is 15.1. The van der Waals surface area contributed by atoms with Gasteiger partial charge in [0.25, 0.3) is 11.8 Å². The van der Waals surface area contributed by atoms with E-state index in [9.17, 15) is 19.2 Å². The van der Waals surface area contributed by atoms with Crippen LogP contribution in [0.5, 0.6) is 5.75 Å². The highest BCUT2D eigenvalue weighted by molar-refractivity contribution is 6.10. The Hall–Kier alpha value is -3.10. The van der Waals surface area contributed by atoms with Crippen molar-refractivity contribution in [2.45, 2.75) is 25.3 Å². The molecule has 1 saturated carbocycles. The van der Waals surface area contributed by atoms with Crippen molar-refractivity contribution < 1.29 is 23.9 Å². The van der Waals surface area contributed by atoms with Crippen molar-refractivity contribution in [1.29, 1.82) is 0 Å². The third kappa shape index (κ3) is 2.88. The molecule has 1 aliphatic carbocycles. The van der Waals surface area contributed by atoms with E-state index in [0.29, 0.717) is 17.1 Å². The topological polar surface area (TPSA) is 108 Å². The van der Waals surface area contributed by atoms with Crippen LogP contribution in [0.1, 0.15) is 19.8 Å². The summed E-state index contributed by atoms with van der Waals surface area (Å²) in [6.07, 6.45) is 1.79. The van der Waals surface area contributed by atoms with Crippen molar-refractivity contribution in [3.63, 3.8) is 0 Å². The molecule has 2 aliphatic heterocycles. The van der Waals surface area contributed by atoms with Crippen LogP contribution >= 0.6 is 0 Å². The molecule has 0 aromatic heterocycles. The molecule has 1 unspecified atom stereocenters. The number of carbonyl (C=O) groups is 4. The number of amides is 5. The van der Waals surface area contributed by atoms with E-state index in [-0.39, 0.29) is 30.9 Å². The molecular weight excluding hydrogens is 352 g/mol. The molecule has 1 aromatic carbocycles. The monoisotopic (exact) mass is 372 g/mol. The number of likely N-dealkylation sites (N-methyl/N-ethyl adjacent to an activating group) is 1. The summed E-state index contributed by atoms with van der Waals surface area (Å²) in [5.74, 6) is -0.372. The first kappa shape index (κ1) is 17.3. The number of nitrogens with zero attached hydrogens (tertiary/aromatic N) is 2. The van der Waals surface area contributed by atoms with Gasteiger partial charge in [0, 0.05) is 12.7 Å². The quantitative estimate of drug-likeness (QED) is 0.757. The first-order valence-corrected chi connectivity index (χ1v) is 8.77. The number of nitrogens with one attached hydrogen (secondary N) is 2. The molecule has 142 valence electrons. The van der Waals surface area contributed by atoms with E-state index in [4.69, 9.17) is 4.74 Å². The molecule has 27 heavy (non-hydrogen) atoms. The molecule has 3 aliphatic rings. The molecule has 5 amide bonds. The second-order valence-corrected chi connectivity index (χ2v) is 7.27. The molecule has 0 spiro atoms. The lowest BCUT2D eigenvalue weighted by Gasteiger charge is -2.26. The lowest BCUT2D eigenvalue weighted by atomic mass is 9.96. The van der Waals surface area contributed by atoms with E-state index in [0.717, 1.165) is 17.7 Å². The minimum Gasteiger partial charge on any atom is -0.482 e. The highest BCUT2D eigenvalue weighted by Gasteiger charge is 2.56. The summed E-state index contributed by atoms with van der Waals surface area (Å²) >= 11 is 0. The zero-order chi connectivity index (χ0) is 19.3. The fourth-order valence-corrected chi connectivity index (χ4v) is 3.49. The maximum Gasteiger partial charge on any atom is 0.325 e. The first-order chi connectivity index (χ1) is 12.8. The smallest absolute Gasteiger partial charge is 0.325 e. The number of fused-ring (bicyclic) bond motifs is 1. The predicted molar refractivity (Wildman–Crippen MR) is 95.4 cm³/mol. The number of urea groups is 1. The van der Waals surface area contributed by atoms with Crippen LogP contribution < -0.4 is 20.3 Å². The molecule has 2 N–H and O–H groups in total. The van der Waals surface area contributed by atoms with Gasteiger partial charge in [0.1, 0.15) is 17.8 Å². The van der Waals surface area contributed by atoms with E-state index in [1.807, 2.05) is 0 Å². The van der Waals surface area contributed by atoms with Gasteiger partial charge in [-0.15, -0.1) is 0 Å². The van der Waals surface area contributed by atoms with Crippen LogP contribution in [0.2, 0.25) is 0 Å². The minimum atomic E-state index is -0.913. The first-order valence-electron chi connectivity index (χ1n) is 8.77. The summed E-state index contributed by atoms with van der Waals surface area (Å²) in [5.41, 5.74) is 0.0742. The van der Waals surface area contributed by atoms with Crippen LogP contribution in [-0.4, -0.2) is 54.4 Å². The molecule has 0 bridgehead atoms. The average Bonchev–Trinajstić information content (AvgIpc) is 3.45.